The van der Waals surface area contributed by atoms with Crippen LogP contribution in [0.25, 0.3) is 10.8 Å². The summed E-state index contributed by atoms with van der Waals surface area (Å²) in [4.78, 5) is 4.02. The number of methoxy groups -OCH3 is 1. The molecular weight excluding hydrogens is 218 g/mol. The second kappa shape index (κ2) is 4.49. The molecule has 0 aliphatic carbocycles. The van der Waals surface area contributed by atoms with Crippen LogP contribution in [0.15, 0.2) is 18.2 Å². The highest BCUT2D eigenvalue weighted by atomic mass is 16.5. The molecule has 0 amide bonds. The number of hydrogen-bond donors (Lipinski definition) is 1. The monoisotopic (exact) mass is 233 g/mol. The molecule has 2 aromatic rings. The molecule has 0 fully saturated rings. The predicted octanol–water partition coefficient (Wildman–Crippen LogP) is 2.66. The molecule has 90 valence electrons. The third-order valence-electron chi connectivity index (χ3n) is 2.59. The van der Waals surface area contributed by atoms with Gasteiger partial charge in [0.2, 0.25) is 5.88 Å². The Morgan fingerprint density at radius 1 is 1.24 bits per heavy atom. The number of aryl methyl sites for hydroxylation is 1. The minimum absolute atomic E-state index is 0.0150. The quantitative estimate of drug-likeness (QED) is 0.885. The van der Waals surface area contributed by atoms with Gasteiger partial charge in [0.15, 0.2) is 11.5 Å². The molecule has 1 N–H and O–H groups in total. The average molecular weight is 233 g/mol. The van der Waals surface area contributed by atoms with Crippen molar-refractivity contribution in [3.63, 3.8) is 0 Å². The van der Waals surface area contributed by atoms with Gasteiger partial charge in [0, 0.05) is 17.1 Å². The summed E-state index contributed by atoms with van der Waals surface area (Å²) in [6.45, 7) is 4.35. The average Bonchev–Trinajstić information content (AvgIpc) is 2.29. The minimum atomic E-state index is 0.0150. The van der Waals surface area contributed by atoms with Gasteiger partial charge in [-0.15, -0.1) is 0 Å². The van der Waals surface area contributed by atoms with Crippen molar-refractivity contribution in [2.45, 2.75) is 13.8 Å². The van der Waals surface area contributed by atoms with Crippen LogP contribution in [0.2, 0.25) is 0 Å². The normalized spacial score (nSPS) is 10.5. The van der Waals surface area contributed by atoms with Crippen molar-refractivity contribution in [1.82, 2.24) is 4.98 Å². The summed E-state index contributed by atoms with van der Waals surface area (Å²) in [6, 6.07) is 5.34. The SMILES string of the molecule is CCOc1cc2c(C)nc(O)cc2cc1OC. The molecule has 0 spiro atoms. The highest BCUT2D eigenvalue weighted by Gasteiger charge is 2.09. The number of nitrogens with zero attached hydrogens (tertiary/aromatic N) is 1. The van der Waals surface area contributed by atoms with E-state index in [9.17, 15) is 5.11 Å². The Kier molecular flexibility index (Phi) is 3.04. The van der Waals surface area contributed by atoms with E-state index in [-0.39, 0.29) is 5.88 Å². The molecule has 0 bridgehead atoms. The van der Waals surface area contributed by atoms with Crippen LogP contribution in [0.1, 0.15) is 12.6 Å². The van der Waals surface area contributed by atoms with Gasteiger partial charge in [-0.25, -0.2) is 4.98 Å². The van der Waals surface area contributed by atoms with Crippen LogP contribution >= 0.6 is 0 Å². The summed E-state index contributed by atoms with van der Waals surface area (Å²) in [5, 5.41) is 11.3. The predicted molar refractivity (Wildman–Crippen MR) is 65.9 cm³/mol. The molecule has 1 heterocycles. The smallest absolute Gasteiger partial charge is 0.211 e. The van der Waals surface area contributed by atoms with E-state index < -0.39 is 0 Å². The Balaban J connectivity index is 2.69. The maximum absolute atomic E-state index is 9.46. The van der Waals surface area contributed by atoms with E-state index in [0.717, 1.165) is 16.5 Å². The third-order valence-corrected chi connectivity index (χ3v) is 2.59. The van der Waals surface area contributed by atoms with Gasteiger partial charge in [0.25, 0.3) is 0 Å². The fraction of sp³-hybridized carbons (Fsp3) is 0.308. The molecule has 0 saturated heterocycles. The maximum Gasteiger partial charge on any atom is 0.211 e. The van der Waals surface area contributed by atoms with Gasteiger partial charge in [-0.05, 0) is 31.4 Å². The topological polar surface area (TPSA) is 51.6 Å². The third kappa shape index (κ3) is 2.11. The van der Waals surface area contributed by atoms with Crippen LogP contribution in [0.5, 0.6) is 17.4 Å². The summed E-state index contributed by atoms with van der Waals surface area (Å²) in [6.07, 6.45) is 0. The van der Waals surface area contributed by atoms with Gasteiger partial charge in [0.05, 0.1) is 13.7 Å². The number of ether oxygens (including phenoxy) is 2. The number of benzene rings is 1. The first-order valence-electron chi connectivity index (χ1n) is 5.47. The number of aromatic hydroxyl groups is 1. The number of fused-ring (bicyclic) bond motifs is 1. The highest BCUT2D eigenvalue weighted by Crippen LogP contribution is 2.34. The van der Waals surface area contributed by atoms with Crippen LogP contribution in [0, 0.1) is 6.92 Å². The van der Waals surface area contributed by atoms with E-state index >= 15 is 0 Å². The number of aromatic nitrogens is 1. The molecule has 4 nitrogen and oxygen atoms in total. The Labute approximate surface area is 99.8 Å². The van der Waals surface area contributed by atoms with Gasteiger partial charge < -0.3 is 14.6 Å². The van der Waals surface area contributed by atoms with Gasteiger partial charge in [0.1, 0.15) is 0 Å². The van der Waals surface area contributed by atoms with E-state index in [4.69, 9.17) is 9.47 Å². The fourth-order valence-corrected chi connectivity index (χ4v) is 1.84. The Bertz CT molecular complexity index is 552. The minimum Gasteiger partial charge on any atom is -0.493 e. The largest absolute Gasteiger partial charge is 0.493 e. The summed E-state index contributed by atoms with van der Waals surface area (Å²) in [5.74, 6) is 1.36. The zero-order chi connectivity index (χ0) is 12.4. The van der Waals surface area contributed by atoms with E-state index in [0.29, 0.717) is 18.1 Å². The first-order valence-corrected chi connectivity index (χ1v) is 5.47. The van der Waals surface area contributed by atoms with Crippen molar-refractivity contribution in [3.8, 4) is 17.4 Å². The van der Waals surface area contributed by atoms with Crippen molar-refractivity contribution >= 4 is 10.8 Å². The first-order chi connectivity index (χ1) is 8.15. The zero-order valence-electron chi connectivity index (χ0n) is 10.2. The summed E-state index contributed by atoms with van der Waals surface area (Å²) in [5.41, 5.74) is 0.767. The summed E-state index contributed by atoms with van der Waals surface area (Å²) < 4.78 is 10.8. The molecule has 1 aromatic heterocycles. The van der Waals surface area contributed by atoms with Crippen molar-refractivity contribution in [2.24, 2.45) is 0 Å². The molecule has 0 aliphatic rings. The fourth-order valence-electron chi connectivity index (χ4n) is 1.84. The number of pyridine rings is 1. The molecule has 0 unspecified atom stereocenters. The Hall–Kier alpha value is -1.97. The number of hydrogen-bond acceptors (Lipinski definition) is 4. The van der Waals surface area contributed by atoms with Crippen LogP contribution < -0.4 is 9.47 Å². The van der Waals surface area contributed by atoms with Crippen LogP contribution in [-0.4, -0.2) is 23.8 Å². The van der Waals surface area contributed by atoms with Crippen molar-refractivity contribution in [3.05, 3.63) is 23.9 Å². The molecule has 17 heavy (non-hydrogen) atoms. The summed E-state index contributed by atoms with van der Waals surface area (Å²) in [7, 11) is 1.59. The Morgan fingerprint density at radius 2 is 2.00 bits per heavy atom. The second-order valence-corrected chi connectivity index (χ2v) is 3.72. The molecule has 4 heteroatoms. The van der Waals surface area contributed by atoms with Gasteiger partial charge in [-0.2, -0.15) is 0 Å². The molecule has 1 aromatic carbocycles. The van der Waals surface area contributed by atoms with Gasteiger partial charge in [-0.3, -0.25) is 0 Å². The lowest BCUT2D eigenvalue weighted by molar-refractivity contribution is 0.311. The van der Waals surface area contributed by atoms with Crippen molar-refractivity contribution in [2.75, 3.05) is 13.7 Å². The lowest BCUT2D eigenvalue weighted by atomic mass is 10.1. The molecular formula is C13H15NO3. The second-order valence-electron chi connectivity index (χ2n) is 3.72. The van der Waals surface area contributed by atoms with Gasteiger partial charge >= 0.3 is 0 Å². The molecule has 0 aliphatic heterocycles. The number of rotatable bonds is 3. The molecule has 0 atom stereocenters. The standard InChI is InChI=1S/C13H15NO3/c1-4-17-12-7-10-8(2)14-13(15)6-9(10)5-11(12)16-3/h5-7H,4H2,1-3H3,(H,14,15). The van der Waals surface area contributed by atoms with Crippen LogP contribution in [-0.2, 0) is 0 Å². The lowest BCUT2D eigenvalue weighted by Crippen LogP contribution is -1.96. The van der Waals surface area contributed by atoms with E-state index in [1.165, 1.54) is 0 Å². The molecule has 2 rings (SSSR count). The Morgan fingerprint density at radius 3 is 2.65 bits per heavy atom. The summed E-state index contributed by atoms with van der Waals surface area (Å²) >= 11 is 0. The van der Waals surface area contributed by atoms with Gasteiger partial charge in [-0.1, -0.05) is 0 Å². The zero-order valence-corrected chi connectivity index (χ0v) is 10.2. The first kappa shape index (κ1) is 11.5. The van der Waals surface area contributed by atoms with E-state index in [1.807, 2.05) is 26.0 Å². The molecule has 0 saturated carbocycles. The highest BCUT2D eigenvalue weighted by molar-refractivity contribution is 5.88. The lowest BCUT2D eigenvalue weighted by Gasteiger charge is -2.11. The van der Waals surface area contributed by atoms with Crippen LogP contribution in [0.4, 0.5) is 0 Å². The van der Waals surface area contributed by atoms with E-state index in [1.54, 1.807) is 13.2 Å². The van der Waals surface area contributed by atoms with Crippen LogP contribution in [0.3, 0.4) is 0 Å². The van der Waals surface area contributed by atoms with E-state index in [2.05, 4.69) is 4.98 Å². The maximum atomic E-state index is 9.46. The van der Waals surface area contributed by atoms with Crippen molar-refractivity contribution in [1.29, 1.82) is 0 Å². The molecule has 0 radical (unpaired) electrons. The van der Waals surface area contributed by atoms with Crippen molar-refractivity contribution < 1.29 is 14.6 Å².